The maximum Gasteiger partial charge on any atom is 0.239 e. The van der Waals surface area contributed by atoms with Gasteiger partial charge in [-0.3, -0.25) is 9.69 Å². The summed E-state index contributed by atoms with van der Waals surface area (Å²) < 4.78 is 0. The van der Waals surface area contributed by atoms with Crippen molar-refractivity contribution in [2.45, 2.75) is 44.7 Å². The zero-order valence-electron chi connectivity index (χ0n) is 11.1. The van der Waals surface area contributed by atoms with Gasteiger partial charge in [0.1, 0.15) is 0 Å². The van der Waals surface area contributed by atoms with Crippen LogP contribution in [0, 0.1) is 0 Å². The van der Waals surface area contributed by atoms with Crippen molar-refractivity contribution in [1.82, 2.24) is 15.1 Å². The minimum atomic E-state index is 0.153. The minimum Gasteiger partial charge on any atom is -0.340 e. The molecule has 1 N–H and O–H groups in total. The van der Waals surface area contributed by atoms with Crippen molar-refractivity contribution >= 4 is 5.91 Å². The molecule has 0 aliphatic carbocycles. The van der Waals surface area contributed by atoms with Gasteiger partial charge in [-0.15, -0.1) is 0 Å². The molecule has 0 aromatic carbocycles. The molecule has 4 nitrogen and oxygen atoms in total. The van der Waals surface area contributed by atoms with Crippen molar-refractivity contribution in [2.75, 3.05) is 33.2 Å². The molecule has 2 aliphatic heterocycles. The van der Waals surface area contributed by atoms with Crippen LogP contribution in [0.2, 0.25) is 0 Å². The van der Waals surface area contributed by atoms with E-state index in [9.17, 15) is 4.79 Å². The van der Waals surface area contributed by atoms with Crippen molar-refractivity contribution in [3.63, 3.8) is 0 Å². The summed E-state index contributed by atoms with van der Waals surface area (Å²) in [5.74, 6) is 0.338. The fourth-order valence-electron chi connectivity index (χ4n) is 3.05. The largest absolute Gasteiger partial charge is 0.340 e. The lowest BCUT2D eigenvalue weighted by atomic mass is 10.1. The van der Waals surface area contributed by atoms with Crippen LogP contribution in [-0.4, -0.2) is 61.0 Å². The minimum absolute atomic E-state index is 0.153. The number of carbonyl (C=O) groups is 1. The van der Waals surface area contributed by atoms with Crippen LogP contribution >= 0.6 is 0 Å². The molecule has 0 aromatic rings. The number of carbonyl (C=O) groups excluding carboxylic acids is 1. The van der Waals surface area contributed by atoms with Gasteiger partial charge in [0, 0.05) is 19.6 Å². The highest BCUT2D eigenvalue weighted by atomic mass is 16.2. The number of likely N-dealkylation sites (N-methyl/N-ethyl adjacent to an activating group) is 1. The van der Waals surface area contributed by atoms with Crippen LogP contribution < -0.4 is 5.32 Å². The average molecular weight is 239 g/mol. The molecule has 0 aromatic heterocycles. The van der Waals surface area contributed by atoms with E-state index in [1.165, 1.54) is 6.42 Å². The average Bonchev–Trinajstić information content (AvgIpc) is 2.98. The molecule has 2 aliphatic rings. The van der Waals surface area contributed by atoms with Gasteiger partial charge in [0.05, 0.1) is 6.04 Å². The Kier molecular flexibility index (Phi) is 4.40. The van der Waals surface area contributed by atoms with Gasteiger partial charge in [0.15, 0.2) is 0 Å². The molecule has 17 heavy (non-hydrogen) atoms. The Morgan fingerprint density at radius 2 is 2.29 bits per heavy atom. The lowest BCUT2D eigenvalue weighted by Gasteiger charge is -2.30. The molecular formula is C13H25N3O. The van der Waals surface area contributed by atoms with Gasteiger partial charge >= 0.3 is 0 Å². The first-order valence-electron chi connectivity index (χ1n) is 6.95. The van der Waals surface area contributed by atoms with Crippen LogP contribution in [0.4, 0.5) is 0 Å². The smallest absolute Gasteiger partial charge is 0.239 e. The van der Waals surface area contributed by atoms with Crippen molar-refractivity contribution in [3.05, 3.63) is 0 Å². The van der Waals surface area contributed by atoms with Crippen LogP contribution in [0.3, 0.4) is 0 Å². The summed E-state index contributed by atoms with van der Waals surface area (Å²) in [7, 11) is 1.97. The lowest BCUT2D eigenvalue weighted by Crippen LogP contribution is -2.48. The predicted molar refractivity (Wildman–Crippen MR) is 68.9 cm³/mol. The molecule has 4 heteroatoms. The van der Waals surface area contributed by atoms with E-state index in [2.05, 4.69) is 17.1 Å². The number of amides is 1. The SMILES string of the molecule is CCCN1CCCC1C(=O)N(C)C1CCNC1. The molecule has 98 valence electrons. The predicted octanol–water partition coefficient (Wildman–Crippen LogP) is 0.681. The summed E-state index contributed by atoms with van der Waals surface area (Å²) in [6.45, 7) is 6.35. The number of likely N-dealkylation sites (tertiary alicyclic amines) is 1. The van der Waals surface area contributed by atoms with Gasteiger partial charge in [-0.2, -0.15) is 0 Å². The molecule has 2 heterocycles. The van der Waals surface area contributed by atoms with E-state index in [0.29, 0.717) is 11.9 Å². The summed E-state index contributed by atoms with van der Waals surface area (Å²) in [6.07, 6.45) is 4.46. The first kappa shape index (κ1) is 12.8. The van der Waals surface area contributed by atoms with Crippen LogP contribution in [-0.2, 0) is 4.79 Å². The van der Waals surface area contributed by atoms with E-state index in [-0.39, 0.29) is 6.04 Å². The molecule has 2 atom stereocenters. The van der Waals surface area contributed by atoms with E-state index < -0.39 is 0 Å². The quantitative estimate of drug-likeness (QED) is 0.784. The Morgan fingerprint density at radius 1 is 1.47 bits per heavy atom. The highest BCUT2D eigenvalue weighted by Crippen LogP contribution is 2.20. The first-order valence-corrected chi connectivity index (χ1v) is 6.95. The fourth-order valence-corrected chi connectivity index (χ4v) is 3.05. The van der Waals surface area contributed by atoms with Gasteiger partial charge in [-0.25, -0.2) is 0 Å². The topological polar surface area (TPSA) is 35.6 Å². The Hall–Kier alpha value is -0.610. The zero-order valence-corrected chi connectivity index (χ0v) is 11.1. The van der Waals surface area contributed by atoms with E-state index >= 15 is 0 Å². The Bertz CT molecular complexity index is 263. The maximum absolute atomic E-state index is 12.5. The van der Waals surface area contributed by atoms with E-state index in [1.54, 1.807) is 0 Å². The van der Waals surface area contributed by atoms with Crippen LogP contribution in [0.1, 0.15) is 32.6 Å². The van der Waals surface area contributed by atoms with Crippen LogP contribution in [0.5, 0.6) is 0 Å². The molecule has 1 amide bonds. The van der Waals surface area contributed by atoms with Crippen molar-refractivity contribution in [3.8, 4) is 0 Å². The zero-order chi connectivity index (χ0) is 12.3. The standard InChI is InChI=1S/C13H25N3O/c1-3-8-16-9-4-5-12(16)13(17)15(2)11-6-7-14-10-11/h11-12,14H,3-10H2,1-2H3. The number of nitrogens with zero attached hydrogens (tertiary/aromatic N) is 2. The van der Waals surface area contributed by atoms with Gasteiger partial charge in [0.2, 0.25) is 5.91 Å². The van der Waals surface area contributed by atoms with Gasteiger partial charge < -0.3 is 10.2 Å². The summed E-state index contributed by atoms with van der Waals surface area (Å²) in [4.78, 5) is 16.8. The van der Waals surface area contributed by atoms with Crippen LogP contribution in [0.25, 0.3) is 0 Å². The highest BCUT2D eigenvalue weighted by Gasteiger charge is 2.34. The van der Waals surface area contributed by atoms with E-state index in [1.807, 2.05) is 11.9 Å². The Morgan fingerprint density at radius 3 is 2.94 bits per heavy atom. The summed E-state index contributed by atoms with van der Waals surface area (Å²) in [5, 5.41) is 3.33. The molecule has 2 unspecified atom stereocenters. The molecule has 2 rings (SSSR count). The van der Waals surface area contributed by atoms with Crippen molar-refractivity contribution in [1.29, 1.82) is 0 Å². The number of hydrogen-bond donors (Lipinski definition) is 1. The van der Waals surface area contributed by atoms with E-state index in [4.69, 9.17) is 0 Å². The third-order valence-electron chi connectivity index (χ3n) is 4.09. The summed E-state index contributed by atoms with van der Waals surface area (Å²) in [6, 6.07) is 0.562. The molecule has 2 saturated heterocycles. The second-order valence-corrected chi connectivity index (χ2v) is 5.29. The highest BCUT2D eigenvalue weighted by molar-refractivity contribution is 5.82. The normalized spacial score (nSPS) is 29.8. The second kappa shape index (κ2) is 5.83. The summed E-state index contributed by atoms with van der Waals surface area (Å²) >= 11 is 0. The Balaban J connectivity index is 1.93. The first-order chi connectivity index (χ1) is 8.24. The number of nitrogens with one attached hydrogen (secondary N) is 1. The van der Waals surface area contributed by atoms with Gasteiger partial charge in [-0.1, -0.05) is 6.92 Å². The van der Waals surface area contributed by atoms with Crippen molar-refractivity contribution < 1.29 is 4.79 Å². The van der Waals surface area contributed by atoms with Gasteiger partial charge in [-0.05, 0) is 45.3 Å². The third kappa shape index (κ3) is 2.80. The molecule has 0 bridgehead atoms. The molecule has 0 saturated carbocycles. The second-order valence-electron chi connectivity index (χ2n) is 5.29. The molecule has 0 spiro atoms. The Labute approximate surface area is 104 Å². The van der Waals surface area contributed by atoms with E-state index in [0.717, 1.165) is 45.4 Å². The fraction of sp³-hybridized carbons (Fsp3) is 0.923. The third-order valence-corrected chi connectivity index (χ3v) is 4.09. The van der Waals surface area contributed by atoms with Gasteiger partial charge in [0.25, 0.3) is 0 Å². The molecule has 0 radical (unpaired) electrons. The van der Waals surface area contributed by atoms with Crippen molar-refractivity contribution in [2.24, 2.45) is 0 Å². The summed E-state index contributed by atoms with van der Waals surface area (Å²) in [5.41, 5.74) is 0. The maximum atomic E-state index is 12.5. The van der Waals surface area contributed by atoms with Crippen LogP contribution in [0.15, 0.2) is 0 Å². The number of rotatable bonds is 4. The number of hydrogen-bond acceptors (Lipinski definition) is 3. The lowest BCUT2D eigenvalue weighted by molar-refractivity contribution is -0.136. The molecular weight excluding hydrogens is 214 g/mol. The molecule has 2 fully saturated rings. The monoisotopic (exact) mass is 239 g/mol.